The van der Waals surface area contributed by atoms with Crippen LogP contribution >= 0.6 is 0 Å². The first-order chi connectivity index (χ1) is 8.27. The summed E-state index contributed by atoms with van der Waals surface area (Å²) in [5.41, 5.74) is 3.52. The lowest BCUT2D eigenvalue weighted by Gasteiger charge is -2.04. The van der Waals surface area contributed by atoms with Gasteiger partial charge in [-0.15, -0.1) is 0 Å². The van der Waals surface area contributed by atoms with Crippen LogP contribution in [0, 0.1) is 13.8 Å². The summed E-state index contributed by atoms with van der Waals surface area (Å²) < 4.78 is 5.12. The van der Waals surface area contributed by atoms with Crippen molar-refractivity contribution in [3.05, 3.63) is 52.9 Å². The van der Waals surface area contributed by atoms with E-state index in [9.17, 15) is 0 Å². The van der Waals surface area contributed by atoms with E-state index in [1.807, 2.05) is 19.9 Å². The number of hydrogen-bond donors (Lipinski definition) is 1. The quantitative estimate of drug-likeness (QED) is 0.802. The number of hydrogen-bond acceptors (Lipinski definition) is 3. The first kappa shape index (κ1) is 11.9. The van der Waals surface area contributed by atoms with Crippen LogP contribution in [0.15, 0.2) is 34.9 Å². The lowest BCUT2D eigenvalue weighted by atomic mass is 10.1. The lowest BCUT2D eigenvalue weighted by molar-refractivity contribution is 0.392. The Hall–Kier alpha value is -1.61. The van der Waals surface area contributed by atoms with Crippen LogP contribution < -0.4 is 5.32 Å². The fraction of sp³-hybridized carbons (Fsp3) is 0.357. The Bertz CT molecular complexity index is 443. The minimum atomic E-state index is 0.827. The van der Waals surface area contributed by atoms with Gasteiger partial charge in [-0.3, -0.25) is 0 Å². The average molecular weight is 230 g/mol. The van der Waals surface area contributed by atoms with Gasteiger partial charge in [-0.05, 0) is 32.4 Å². The summed E-state index contributed by atoms with van der Waals surface area (Å²) in [5.74, 6) is 0.912. The molecule has 0 aliphatic rings. The van der Waals surface area contributed by atoms with E-state index in [4.69, 9.17) is 4.52 Å². The van der Waals surface area contributed by atoms with E-state index in [1.54, 1.807) is 0 Å². The number of rotatable bonds is 5. The van der Waals surface area contributed by atoms with Crippen LogP contribution in [-0.2, 0) is 13.0 Å². The molecule has 17 heavy (non-hydrogen) atoms. The second-order valence-corrected chi connectivity index (χ2v) is 4.22. The molecule has 1 aromatic heterocycles. The summed E-state index contributed by atoms with van der Waals surface area (Å²) in [7, 11) is 0. The SMILES string of the molecule is Cc1noc(C)c1CNCCc1ccccc1. The smallest absolute Gasteiger partial charge is 0.138 e. The van der Waals surface area contributed by atoms with Gasteiger partial charge < -0.3 is 9.84 Å². The summed E-state index contributed by atoms with van der Waals surface area (Å²) >= 11 is 0. The maximum Gasteiger partial charge on any atom is 0.138 e. The van der Waals surface area contributed by atoms with E-state index in [0.717, 1.165) is 31.0 Å². The standard InChI is InChI=1S/C14H18N2O/c1-11-14(12(2)17-16-11)10-15-9-8-13-6-4-3-5-7-13/h3-7,15H,8-10H2,1-2H3. The Balaban J connectivity index is 1.77. The van der Waals surface area contributed by atoms with Crippen molar-refractivity contribution < 1.29 is 4.52 Å². The van der Waals surface area contributed by atoms with Crippen LogP contribution in [0.4, 0.5) is 0 Å². The third-order valence-corrected chi connectivity index (χ3v) is 2.92. The minimum absolute atomic E-state index is 0.827. The molecule has 1 heterocycles. The molecule has 0 amide bonds. The highest BCUT2D eigenvalue weighted by Crippen LogP contribution is 2.11. The molecule has 0 saturated heterocycles. The van der Waals surface area contributed by atoms with Crippen LogP contribution in [0.3, 0.4) is 0 Å². The molecule has 0 aliphatic carbocycles. The van der Waals surface area contributed by atoms with E-state index < -0.39 is 0 Å². The predicted molar refractivity (Wildman–Crippen MR) is 67.8 cm³/mol. The monoisotopic (exact) mass is 230 g/mol. The van der Waals surface area contributed by atoms with Crippen molar-refractivity contribution in [2.75, 3.05) is 6.54 Å². The van der Waals surface area contributed by atoms with Crippen LogP contribution in [-0.4, -0.2) is 11.7 Å². The average Bonchev–Trinajstić information content (AvgIpc) is 2.67. The van der Waals surface area contributed by atoms with Gasteiger partial charge in [0.2, 0.25) is 0 Å². The molecule has 0 fully saturated rings. The third-order valence-electron chi connectivity index (χ3n) is 2.92. The number of nitrogens with one attached hydrogen (secondary N) is 1. The van der Waals surface area contributed by atoms with Crippen molar-refractivity contribution in [1.29, 1.82) is 0 Å². The zero-order chi connectivity index (χ0) is 12.1. The molecule has 0 spiro atoms. The first-order valence-corrected chi connectivity index (χ1v) is 5.94. The zero-order valence-corrected chi connectivity index (χ0v) is 10.4. The Kier molecular flexibility index (Phi) is 3.94. The Morgan fingerprint density at radius 3 is 2.59 bits per heavy atom. The van der Waals surface area contributed by atoms with Gasteiger partial charge in [0, 0.05) is 12.1 Å². The van der Waals surface area contributed by atoms with Crippen LogP contribution in [0.5, 0.6) is 0 Å². The molecular weight excluding hydrogens is 212 g/mol. The largest absolute Gasteiger partial charge is 0.361 e. The second-order valence-electron chi connectivity index (χ2n) is 4.22. The molecule has 3 heteroatoms. The van der Waals surface area contributed by atoms with E-state index in [0.29, 0.717) is 0 Å². The maximum atomic E-state index is 5.12. The predicted octanol–water partition coefficient (Wildman–Crippen LogP) is 2.62. The molecule has 0 saturated carbocycles. The normalized spacial score (nSPS) is 10.7. The number of aryl methyl sites for hydroxylation is 2. The third kappa shape index (κ3) is 3.17. The second kappa shape index (κ2) is 5.64. The summed E-state index contributed by atoms with van der Waals surface area (Å²) in [6.45, 7) is 5.72. The van der Waals surface area contributed by atoms with Crippen molar-refractivity contribution in [2.45, 2.75) is 26.8 Å². The molecule has 3 nitrogen and oxygen atoms in total. The Morgan fingerprint density at radius 1 is 1.18 bits per heavy atom. The highest BCUT2D eigenvalue weighted by molar-refractivity contribution is 5.20. The van der Waals surface area contributed by atoms with Gasteiger partial charge in [-0.1, -0.05) is 35.5 Å². The van der Waals surface area contributed by atoms with Crippen LogP contribution in [0.2, 0.25) is 0 Å². The highest BCUT2D eigenvalue weighted by atomic mass is 16.5. The molecule has 1 aromatic carbocycles. The summed E-state index contributed by atoms with van der Waals surface area (Å²) in [6.07, 6.45) is 1.05. The molecule has 2 rings (SSSR count). The molecule has 1 N–H and O–H groups in total. The van der Waals surface area contributed by atoms with Crippen molar-refractivity contribution in [1.82, 2.24) is 10.5 Å². The highest BCUT2D eigenvalue weighted by Gasteiger charge is 2.07. The minimum Gasteiger partial charge on any atom is -0.361 e. The molecule has 0 atom stereocenters. The topological polar surface area (TPSA) is 38.1 Å². The van der Waals surface area contributed by atoms with Gasteiger partial charge in [0.05, 0.1) is 5.69 Å². The van der Waals surface area contributed by atoms with Gasteiger partial charge in [-0.2, -0.15) is 0 Å². The van der Waals surface area contributed by atoms with E-state index in [1.165, 1.54) is 11.1 Å². The van der Waals surface area contributed by atoms with Crippen molar-refractivity contribution in [3.8, 4) is 0 Å². The van der Waals surface area contributed by atoms with Crippen LogP contribution in [0.25, 0.3) is 0 Å². The number of nitrogens with zero attached hydrogens (tertiary/aromatic N) is 1. The molecule has 0 unspecified atom stereocenters. The van der Waals surface area contributed by atoms with Gasteiger partial charge in [0.25, 0.3) is 0 Å². The lowest BCUT2D eigenvalue weighted by Crippen LogP contribution is -2.17. The Morgan fingerprint density at radius 2 is 1.94 bits per heavy atom. The molecule has 90 valence electrons. The van der Waals surface area contributed by atoms with Gasteiger partial charge in [0.1, 0.15) is 5.76 Å². The van der Waals surface area contributed by atoms with E-state index in [-0.39, 0.29) is 0 Å². The molecular formula is C14H18N2O. The molecule has 2 aromatic rings. The van der Waals surface area contributed by atoms with E-state index >= 15 is 0 Å². The van der Waals surface area contributed by atoms with Gasteiger partial charge in [-0.25, -0.2) is 0 Å². The molecule has 0 aliphatic heterocycles. The van der Waals surface area contributed by atoms with Gasteiger partial charge >= 0.3 is 0 Å². The molecule has 0 radical (unpaired) electrons. The zero-order valence-electron chi connectivity index (χ0n) is 10.4. The summed E-state index contributed by atoms with van der Waals surface area (Å²) in [4.78, 5) is 0. The van der Waals surface area contributed by atoms with E-state index in [2.05, 4.69) is 34.7 Å². The summed E-state index contributed by atoms with van der Waals surface area (Å²) in [5, 5.41) is 7.36. The first-order valence-electron chi connectivity index (χ1n) is 5.94. The fourth-order valence-corrected chi connectivity index (χ4v) is 1.85. The van der Waals surface area contributed by atoms with Crippen molar-refractivity contribution in [2.24, 2.45) is 0 Å². The molecule has 0 bridgehead atoms. The van der Waals surface area contributed by atoms with Crippen molar-refractivity contribution in [3.63, 3.8) is 0 Å². The van der Waals surface area contributed by atoms with Gasteiger partial charge in [0.15, 0.2) is 0 Å². The van der Waals surface area contributed by atoms with Crippen molar-refractivity contribution >= 4 is 0 Å². The van der Waals surface area contributed by atoms with Crippen LogP contribution in [0.1, 0.15) is 22.6 Å². The fourth-order valence-electron chi connectivity index (χ4n) is 1.85. The summed E-state index contributed by atoms with van der Waals surface area (Å²) in [6, 6.07) is 10.5. The Labute approximate surface area is 102 Å². The maximum absolute atomic E-state index is 5.12. The number of benzene rings is 1. The number of aromatic nitrogens is 1.